The lowest BCUT2D eigenvalue weighted by Crippen LogP contribution is -2.34. The van der Waals surface area contributed by atoms with Crippen molar-refractivity contribution in [2.45, 2.75) is 18.4 Å². The highest BCUT2D eigenvalue weighted by Crippen LogP contribution is 2.36. The van der Waals surface area contributed by atoms with Crippen molar-refractivity contribution in [3.05, 3.63) is 35.6 Å². The molecule has 1 aliphatic heterocycles. The van der Waals surface area contributed by atoms with Crippen LogP contribution in [0.15, 0.2) is 24.3 Å². The van der Waals surface area contributed by atoms with Crippen molar-refractivity contribution >= 4 is 5.97 Å². The molecule has 1 saturated heterocycles. The van der Waals surface area contributed by atoms with Crippen molar-refractivity contribution in [3.8, 4) is 0 Å². The second kappa shape index (κ2) is 3.62. The molecule has 0 spiro atoms. The van der Waals surface area contributed by atoms with Crippen LogP contribution in [0.4, 0.5) is 4.39 Å². The van der Waals surface area contributed by atoms with Gasteiger partial charge in [-0.25, -0.2) is 9.18 Å². The number of carboxylic acids is 1. The van der Waals surface area contributed by atoms with Gasteiger partial charge >= 0.3 is 5.97 Å². The summed E-state index contributed by atoms with van der Waals surface area (Å²) < 4.78 is 18.0. The molecule has 2 rings (SSSR count). The molecule has 4 heteroatoms. The van der Waals surface area contributed by atoms with Crippen molar-refractivity contribution in [3.63, 3.8) is 0 Å². The predicted molar refractivity (Wildman–Crippen MR) is 50.9 cm³/mol. The maximum atomic E-state index is 12.7. The third kappa shape index (κ3) is 1.61. The summed E-state index contributed by atoms with van der Waals surface area (Å²) in [6, 6.07) is 5.44. The quantitative estimate of drug-likeness (QED) is 0.811. The molecule has 80 valence electrons. The van der Waals surface area contributed by atoms with Gasteiger partial charge in [0.1, 0.15) is 5.82 Å². The second-order valence-corrected chi connectivity index (χ2v) is 3.59. The minimum atomic E-state index is -1.27. The van der Waals surface area contributed by atoms with Crippen molar-refractivity contribution in [2.75, 3.05) is 6.61 Å². The lowest BCUT2D eigenvalue weighted by molar-refractivity contribution is -0.161. The van der Waals surface area contributed by atoms with Crippen LogP contribution >= 0.6 is 0 Å². The summed E-state index contributed by atoms with van der Waals surface area (Å²) in [5.74, 6) is -1.39. The summed E-state index contributed by atoms with van der Waals surface area (Å²) in [6.45, 7) is 0.434. The number of hydrogen-bond donors (Lipinski definition) is 1. The summed E-state index contributed by atoms with van der Waals surface area (Å²) in [6.07, 6.45) is 1.15. The average Bonchev–Trinajstić information content (AvgIpc) is 2.69. The minimum Gasteiger partial charge on any atom is -0.479 e. The van der Waals surface area contributed by atoms with E-state index < -0.39 is 11.6 Å². The van der Waals surface area contributed by atoms with Gasteiger partial charge in [0.25, 0.3) is 0 Å². The lowest BCUT2D eigenvalue weighted by Gasteiger charge is -2.23. The summed E-state index contributed by atoms with van der Waals surface area (Å²) in [4.78, 5) is 11.2. The van der Waals surface area contributed by atoms with Gasteiger partial charge in [-0.1, -0.05) is 12.1 Å². The first-order valence-electron chi connectivity index (χ1n) is 4.78. The molecule has 0 radical (unpaired) electrons. The van der Waals surface area contributed by atoms with E-state index >= 15 is 0 Å². The zero-order valence-corrected chi connectivity index (χ0v) is 8.07. The molecule has 0 amide bonds. The van der Waals surface area contributed by atoms with Gasteiger partial charge in [0.05, 0.1) is 0 Å². The van der Waals surface area contributed by atoms with Gasteiger partial charge in [-0.2, -0.15) is 0 Å². The van der Waals surface area contributed by atoms with E-state index in [1.165, 1.54) is 24.3 Å². The molecule has 0 aromatic heterocycles. The van der Waals surface area contributed by atoms with Crippen molar-refractivity contribution < 1.29 is 19.0 Å². The van der Waals surface area contributed by atoms with E-state index in [1.807, 2.05) is 0 Å². The van der Waals surface area contributed by atoms with Crippen molar-refractivity contribution in [1.82, 2.24) is 0 Å². The molecular formula is C11H11FO3. The Labute approximate surface area is 86.5 Å². The highest BCUT2D eigenvalue weighted by molar-refractivity contribution is 5.79. The maximum absolute atomic E-state index is 12.7. The number of carbonyl (C=O) groups is 1. The summed E-state index contributed by atoms with van der Waals surface area (Å²) in [5, 5.41) is 9.17. The van der Waals surface area contributed by atoms with E-state index in [-0.39, 0.29) is 5.82 Å². The van der Waals surface area contributed by atoms with Crippen LogP contribution in [0.25, 0.3) is 0 Å². The van der Waals surface area contributed by atoms with Crippen molar-refractivity contribution in [1.29, 1.82) is 0 Å². The molecule has 1 aliphatic rings. The van der Waals surface area contributed by atoms with Gasteiger partial charge in [-0.05, 0) is 30.5 Å². The Balaban J connectivity index is 2.41. The monoisotopic (exact) mass is 210 g/mol. The van der Waals surface area contributed by atoms with Crippen LogP contribution in [0.3, 0.4) is 0 Å². The number of ether oxygens (including phenoxy) is 1. The number of aliphatic carboxylic acids is 1. The number of hydrogen-bond acceptors (Lipinski definition) is 2. The SMILES string of the molecule is O=C(O)C1(c2ccc(F)cc2)CCCO1. The Morgan fingerprint density at radius 1 is 1.40 bits per heavy atom. The number of rotatable bonds is 2. The highest BCUT2D eigenvalue weighted by atomic mass is 19.1. The largest absolute Gasteiger partial charge is 0.479 e. The van der Waals surface area contributed by atoms with E-state index in [0.717, 1.165) is 0 Å². The molecule has 1 atom stereocenters. The van der Waals surface area contributed by atoms with E-state index in [2.05, 4.69) is 0 Å². The second-order valence-electron chi connectivity index (χ2n) is 3.59. The lowest BCUT2D eigenvalue weighted by atomic mass is 9.91. The topological polar surface area (TPSA) is 46.5 Å². The van der Waals surface area contributed by atoms with Crippen LogP contribution in [0.2, 0.25) is 0 Å². The Hall–Kier alpha value is -1.42. The fourth-order valence-corrected chi connectivity index (χ4v) is 1.88. The van der Waals surface area contributed by atoms with Crippen LogP contribution in [0.5, 0.6) is 0 Å². The first-order valence-corrected chi connectivity index (χ1v) is 4.78. The van der Waals surface area contributed by atoms with Gasteiger partial charge < -0.3 is 9.84 Å². The average molecular weight is 210 g/mol. The standard InChI is InChI=1S/C11H11FO3/c12-9-4-2-8(3-5-9)11(10(13)14)6-1-7-15-11/h2-5H,1,6-7H2,(H,13,14). The van der Waals surface area contributed by atoms with Gasteiger partial charge in [0.2, 0.25) is 0 Å². The van der Waals surface area contributed by atoms with E-state index in [0.29, 0.717) is 25.0 Å². The summed E-state index contributed by atoms with van der Waals surface area (Å²) in [5.41, 5.74) is -0.762. The molecule has 0 bridgehead atoms. The molecule has 0 aliphatic carbocycles. The Bertz CT molecular complexity index is 366. The third-order valence-corrected chi connectivity index (χ3v) is 2.68. The van der Waals surface area contributed by atoms with Crippen LogP contribution < -0.4 is 0 Å². The van der Waals surface area contributed by atoms with Gasteiger partial charge in [-0.15, -0.1) is 0 Å². The summed E-state index contributed by atoms with van der Waals surface area (Å²) in [7, 11) is 0. The third-order valence-electron chi connectivity index (χ3n) is 2.68. The van der Waals surface area contributed by atoms with Crippen LogP contribution in [-0.2, 0) is 15.1 Å². The van der Waals surface area contributed by atoms with Crippen molar-refractivity contribution in [2.24, 2.45) is 0 Å². The normalized spacial score (nSPS) is 25.4. The zero-order valence-electron chi connectivity index (χ0n) is 8.07. The molecular weight excluding hydrogens is 199 g/mol. The predicted octanol–water partition coefficient (Wildman–Crippen LogP) is 1.92. The van der Waals surface area contributed by atoms with Crippen LogP contribution in [0.1, 0.15) is 18.4 Å². The molecule has 15 heavy (non-hydrogen) atoms. The molecule has 0 saturated carbocycles. The first-order chi connectivity index (χ1) is 7.15. The minimum absolute atomic E-state index is 0.378. The number of benzene rings is 1. The fourth-order valence-electron chi connectivity index (χ4n) is 1.88. The van der Waals surface area contributed by atoms with Gasteiger partial charge in [-0.3, -0.25) is 0 Å². The van der Waals surface area contributed by atoms with Crippen LogP contribution in [0, 0.1) is 5.82 Å². The van der Waals surface area contributed by atoms with E-state index in [4.69, 9.17) is 9.84 Å². The first kappa shape index (κ1) is 10.1. The molecule has 1 N–H and O–H groups in total. The Kier molecular flexibility index (Phi) is 2.44. The summed E-state index contributed by atoms with van der Waals surface area (Å²) >= 11 is 0. The Morgan fingerprint density at radius 3 is 2.53 bits per heavy atom. The van der Waals surface area contributed by atoms with E-state index in [9.17, 15) is 9.18 Å². The number of halogens is 1. The van der Waals surface area contributed by atoms with Crippen LogP contribution in [-0.4, -0.2) is 17.7 Å². The van der Waals surface area contributed by atoms with Gasteiger partial charge in [0.15, 0.2) is 5.60 Å². The smallest absolute Gasteiger partial charge is 0.340 e. The number of carboxylic acid groups (broad SMARTS) is 1. The van der Waals surface area contributed by atoms with E-state index in [1.54, 1.807) is 0 Å². The molecule has 3 nitrogen and oxygen atoms in total. The molecule has 1 fully saturated rings. The van der Waals surface area contributed by atoms with Gasteiger partial charge in [0, 0.05) is 6.61 Å². The zero-order chi connectivity index (χ0) is 10.9. The highest BCUT2D eigenvalue weighted by Gasteiger charge is 2.44. The molecule has 1 aromatic rings. The molecule has 1 heterocycles. The maximum Gasteiger partial charge on any atom is 0.340 e. The molecule has 1 unspecified atom stereocenters. The molecule has 1 aromatic carbocycles. The Morgan fingerprint density at radius 2 is 2.07 bits per heavy atom. The fraction of sp³-hybridized carbons (Fsp3) is 0.364.